The van der Waals surface area contributed by atoms with Crippen molar-refractivity contribution in [2.75, 3.05) is 19.8 Å². The number of aromatic nitrogens is 2. The zero-order valence-electron chi connectivity index (χ0n) is 18.2. The molecule has 2 aliphatic heterocycles. The van der Waals surface area contributed by atoms with Crippen molar-refractivity contribution in [3.05, 3.63) is 83.7 Å². The third kappa shape index (κ3) is 3.89. The molecule has 9 heteroatoms. The first kappa shape index (κ1) is 21.7. The van der Waals surface area contributed by atoms with E-state index in [1.54, 1.807) is 24.7 Å². The molecule has 1 amide bonds. The fraction of sp³-hybridized carbons (Fsp3) is 0.240. The fourth-order valence-electron chi connectivity index (χ4n) is 4.34. The number of amides is 1. The summed E-state index contributed by atoms with van der Waals surface area (Å²) in [5, 5.41) is 13.5. The molecule has 0 spiro atoms. The zero-order chi connectivity index (χ0) is 23.7. The van der Waals surface area contributed by atoms with Crippen molar-refractivity contribution in [2.24, 2.45) is 0 Å². The lowest BCUT2D eigenvalue weighted by atomic mass is 9.94. The number of hydrogen-bond acceptors (Lipinski definition) is 5. The van der Waals surface area contributed by atoms with Crippen molar-refractivity contribution in [3.63, 3.8) is 0 Å². The number of likely N-dealkylation sites (tertiary alicyclic amines) is 1. The summed E-state index contributed by atoms with van der Waals surface area (Å²) >= 11 is 0. The van der Waals surface area contributed by atoms with Gasteiger partial charge < -0.3 is 19.5 Å². The summed E-state index contributed by atoms with van der Waals surface area (Å²) in [6, 6.07) is 9.37. The van der Waals surface area contributed by atoms with Crippen LogP contribution in [0.1, 0.15) is 23.6 Å². The summed E-state index contributed by atoms with van der Waals surface area (Å²) in [6.07, 6.45) is 5.89. The van der Waals surface area contributed by atoms with Crippen LogP contribution in [0.2, 0.25) is 0 Å². The number of ketones is 1. The fourth-order valence-corrected chi connectivity index (χ4v) is 4.34. The monoisotopic (exact) mass is 463 g/mol. The molecular weight excluding hydrogens is 441 g/mol. The van der Waals surface area contributed by atoms with Gasteiger partial charge >= 0.3 is 0 Å². The van der Waals surface area contributed by atoms with E-state index in [0.717, 1.165) is 0 Å². The number of ether oxygens (including phenoxy) is 2. The maximum Gasteiger partial charge on any atom is 0.295 e. The van der Waals surface area contributed by atoms with Gasteiger partial charge in [0.15, 0.2) is 11.5 Å². The predicted octanol–water partition coefficient (Wildman–Crippen LogP) is 1.53. The second-order valence-corrected chi connectivity index (χ2v) is 8.06. The number of rotatable bonds is 6. The molecule has 1 aromatic heterocycles. The van der Waals surface area contributed by atoms with E-state index >= 15 is 0 Å². The smallest absolute Gasteiger partial charge is 0.295 e. The van der Waals surface area contributed by atoms with Crippen LogP contribution in [-0.2, 0) is 16.1 Å². The molecule has 2 aliphatic rings. The van der Waals surface area contributed by atoms with Gasteiger partial charge in [-0.25, -0.2) is 8.96 Å². The molecule has 8 nitrogen and oxygen atoms in total. The lowest BCUT2D eigenvalue weighted by Crippen LogP contribution is -2.36. The summed E-state index contributed by atoms with van der Waals surface area (Å²) in [5.41, 5.74) is 0.0180. The van der Waals surface area contributed by atoms with Crippen LogP contribution in [0.5, 0.6) is 11.5 Å². The van der Waals surface area contributed by atoms with Gasteiger partial charge in [-0.05, 0) is 23.8 Å². The minimum Gasteiger partial charge on any atom is -0.872 e. The number of aryl methyl sites for hydroxylation is 1. The van der Waals surface area contributed by atoms with Gasteiger partial charge in [0.2, 0.25) is 12.1 Å². The molecule has 174 valence electrons. The van der Waals surface area contributed by atoms with Crippen molar-refractivity contribution >= 4 is 17.4 Å². The Hall–Kier alpha value is -4.14. The molecule has 3 aromatic rings. The normalized spacial score (nSPS) is 19.0. The largest absolute Gasteiger partial charge is 0.872 e. The number of carbonyl (C=O) groups excluding carboxylic acids is 2. The second-order valence-electron chi connectivity index (χ2n) is 8.06. The minimum atomic E-state index is -1.11. The van der Waals surface area contributed by atoms with Gasteiger partial charge in [-0.3, -0.25) is 14.6 Å². The van der Waals surface area contributed by atoms with Crippen LogP contribution in [0.25, 0.3) is 5.76 Å². The highest BCUT2D eigenvalue weighted by Gasteiger charge is 2.44. The van der Waals surface area contributed by atoms with Gasteiger partial charge in [0.1, 0.15) is 31.4 Å². The van der Waals surface area contributed by atoms with E-state index in [4.69, 9.17) is 9.47 Å². The van der Waals surface area contributed by atoms with Crippen LogP contribution in [0.3, 0.4) is 0 Å². The number of fused-ring (bicyclic) bond motifs is 1. The van der Waals surface area contributed by atoms with E-state index in [1.165, 1.54) is 35.2 Å². The zero-order valence-corrected chi connectivity index (χ0v) is 18.2. The van der Waals surface area contributed by atoms with E-state index in [9.17, 15) is 19.1 Å². The van der Waals surface area contributed by atoms with Gasteiger partial charge in [0, 0.05) is 24.1 Å². The highest BCUT2D eigenvalue weighted by Crippen LogP contribution is 2.41. The Bertz CT molecular complexity index is 1270. The Kier molecular flexibility index (Phi) is 5.75. The Balaban J connectivity index is 1.55. The molecule has 1 fully saturated rings. The van der Waals surface area contributed by atoms with Gasteiger partial charge in [0.05, 0.1) is 12.6 Å². The first-order valence-electron chi connectivity index (χ1n) is 11.0. The van der Waals surface area contributed by atoms with Gasteiger partial charge in [-0.15, -0.1) is 0 Å². The summed E-state index contributed by atoms with van der Waals surface area (Å²) in [5.74, 6) is -2.07. The van der Waals surface area contributed by atoms with Crippen LogP contribution >= 0.6 is 0 Å². The number of nitrogens with one attached hydrogen (secondary N) is 1. The van der Waals surface area contributed by atoms with Gasteiger partial charge in [0.25, 0.3) is 5.91 Å². The number of H-pyrrole nitrogens is 1. The van der Waals surface area contributed by atoms with E-state index < -0.39 is 29.3 Å². The molecule has 34 heavy (non-hydrogen) atoms. The molecular formula is C25H22FN3O5. The summed E-state index contributed by atoms with van der Waals surface area (Å²) in [6.45, 7) is 1.50. The van der Waals surface area contributed by atoms with Gasteiger partial charge in [-0.2, -0.15) is 0 Å². The first-order valence-corrected chi connectivity index (χ1v) is 11.0. The number of imidazole rings is 1. The van der Waals surface area contributed by atoms with Crippen LogP contribution in [0, 0.1) is 5.82 Å². The van der Waals surface area contributed by atoms with Crippen LogP contribution in [0.15, 0.2) is 66.8 Å². The number of nitrogens with zero attached hydrogens (tertiary/aromatic N) is 2. The summed E-state index contributed by atoms with van der Waals surface area (Å²) < 4.78 is 27.8. The molecule has 1 unspecified atom stereocenters. The van der Waals surface area contributed by atoms with E-state index in [0.29, 0.717) is 37.7 Å². The number of aromatic amines is 1. The second kappa shape index (κ2) is 9.01. The quantitative estimate of drug-likeness (QED) is 0.259. The molecule has 3 heterocycles. The Labute approximate surface area is 194 Å². The van der Waals surface area contributed by atoms with E-state index in [-0.39, 0.29) is 23.2 Å². The van der Waals surface area contributed by atoms with Crippen molar-refractivity contribution in [1.29, 1.82) is 0 Å². The lowest BCUT2D eigenvalue weighted by molar-refractivity contribution is -0.695. The number of carbonyl (C=O) groups is 2. The minimum absolute atomic E-state index is 0.108. The molecule has 1 atom stereocenters. The predicted molar refractivity (Wildman–Crippen MR) is 116 cm³/mol. The third-order valence-electron chi connectivity index (χ3n) is 5.95. The lowest BCUT2D eigenvalue weighted by Gasteiger charge is -2.28. The topological polar surface area (TPSA) is 98.6 Å². The average Bonchev–Trinajstić information content (AvgIpc) is 3.46. The highest BCUT2D eigenvalue weighted by atomic mass is 19.1. The molecule has 2 aromatic carbocycles. The van der Waals surface area contributed by atoms with E-state index in [1.807, 2.05) is 10.8 Å². The first-order chi connectivity index (χ1) is 16.5. The molecule has 5 rings (SSSR count). The number of Topliss-reactive ketones (excluding diaryl/α,β-unsaturated/α-hetero) is 1. The third-order valence-corrected chi connectivity index (χ3v) is 5.95. The number of halogens is 1. The van der Waals surface area contributed by atoms with Gasteiger partial charge in [-0.1, -0.05) is 30.0 Å². The number of hydrogen-bond donors (Lipinski definition) is 1. The van der Waals surface area contributed by atoms with Crippen molar-refractivity contribution in [1.82, 2.24) is 9.88 Å². The SMILES string of the molecule is O=C1C(=O)N(CCC[n+]2cc[nH]c2)C(c2ccccc2F)C1=C([O-])c1ccc2c(c1)OCCO2. The molecule has 0 bridgehead atoms. The van der Waals surface area contributed by atoms with Crippen LogP contribution < -0.4 is 19.1 Å². The van der Waals surface area contributed by atoms with Crippen molar-refractivity contribution < 1.29 is 33.1 Å². The summed E-state index contributed by atoms with van der Waals surface area (Å²) in [4.78, 5) is 30.3. The molecule has 1 saturated heterocycles. The van der Waals surface area contributed by atoms with Crippen LogP contribution in [0.4, 0.5) is 4.39 Å². The Morgan fingerprint density at radius 3 is 2.71 bits per heavy atom. The standard InChI is InChI=1S/C25H22FN3O5/c26-18-5-2-1-4-17(18)22-21(23(30)16-6-7-19-20(14-16)34-13-12-33-19)24(31)25(32)29(22)10-3-9-28-11-8-27-15-28/h1-2,4-8,11,14-15,22H,3,9-10,12-13H2,(H,30,31). The summed E-state index contributed by atoms with van der Waals surface area (Å²) in [7, 11) is 0. The maximum atomic E-state index is 14.9. The molecule has 0 radical (unpaired) electrons. The molecule has 1 N–H and O–H groups in total. The molecule has 0 aliphatic carbocycles. The average molecular weight is 463 g/mol. The number of benzene rings is 2. The van der Waals surface area contributed by atoms with E-state index in [2.05, 4.69) is 4.98 Å². The maximum absolute atomic E-state index is 14.9. The van der Waals surface area contributed by atoms with Crippen molar-refractivity contribution in [3.8, 4) is 11.5 Å². The Morgan fingerprint density at radius 1 is 1.15 bits per heavy atom. The Morgan fingerprint density at radius 2 is 1.94 bits per heavy atom. The molecule has 0 saturated carbocycles. The van der Waals surface area contributed by atoms with Crippen LogP contribution in [-0.4, -0.2) is 41.3 Å². The van der Waals surface area contributed by atoms with Crippen molar-refractivity contribution in [2.45, 2.75) is 19.0 Å². The highest BCUT2D eigenvalue weighted by molar-refractivity contribution is 6.46.